The second-order valence-corrected chi connectivity index (χ2v) is 5.94. The molecule has 0 radical (unpaired) electrons. The van der Waals surface area contributed by atoms with Crippen LogP contribution < -0.4 is 5.32 Å². The van der Waals surface area contributed by atoms with Gasteiger partial charge in [-0.1, -0.05) is 13.8 Å². The molecule has 0 rings (SSSR count). The van der Waals surface area contributed by atoms with Crippen LogP contribution in [0.3, 0.4) is 0 Å². The summed E-state index contributed by atoms with van der Waals surface area (Å²) < 4.78 is 0. The predicted octanol–water partition coefficient (Wildman–Crippen LogP) is 2.41. The average molecular weight is 258 g/mol. The molecule has 2 unspecified atom stereocenters. The molecule has 0 aromatic rings. The van der Waals surface area contributed by atoms with Gasteiger partial charge in [-0.15, -0.1) is 0 Å². The van der Waals surface area contributed by atoms with Gasteiger partial charge < -0.3 is 5.11 Å². The Balaban J connectivity index is 3.53. The standard InChI is InChI=1S/C13H26N2OS/c1-4-15-13(3,11-14)7-5-6-8-17-10-12(2)9-16/h12,15-16H,4-10H2,1-3H3. The number of rotatable bonds is 10. The Hall–Kier alpha value is -0.240. The zero-order chi connectivity index (χ0) is 13.1. The number of nitrogens with one attached hydrogen (secondary N) is 1. The van der Waals surface area contributed by atoms with Crippen molar-refractivity contribution in [2.75, 3.05) is 24.7 Å². The minimum absolute atomic E-state index is 0.278. The van der Waals surface area contributed by atoms with E-state index >= 15 is 0 Å². The molecule has 0 heterocycles. The van der Waals surface area contributed by atoms with Crippen LogP contribution in [-0.4, -0.2) is 35.3 Å². The Kier molecular flexibility index (Phi) is 9.62. The number of nitrogens with zero attached hydrogens (tertiary/aromatic N) is 1. The molecule has 2 atom stereocenters. The van der Waals surface area contributed by atoms with Crippen LogP contribution in [0.5, 0.6) is 0 Å². The highest BCUT2D eigenvalue weighted by atomic mass is 32.2. The van der Waals surface area contributed by atoms with E-state index in [1.165, 1.54) is 0 Å². The van der Waals surface area contributed by atoms with E-state index in [2.05, 4.69) is 18.3 Å². The summed E-state index contributed by atoms with van der Waals surface area (Å²) >= 11 is 1.89. The third-order valence-corrected chi connectivity index (χ3v) is 4.13. The van der Waals surface area contributed by atoms with Crippen LogP contribution in [0.15, 0.2) is 0 Å². The van der Waals surface area contributed by atoms with Crippen LogP contribution >= 0.6 is 11.8 Å². The van der Waals surface area contributed by atoms with Gasteiger partial charge in [-0.3, -0.25) is 5.32 Å². The third-order valence-electron chi connectivity index (χ3n) is 2.74. The molecule has 0 spiro atoms. The molecule has 17 heavy (non-hydrogen) atoms. The quantitative estimate of drug-likeness (QED) is 0.591. The van der Waals surface area contributed by atoms with Crippen LogP contribution in [0.1, 0.15) is 40.0 Å². The molecule has 0 aliphatic heterocycles. The number of nitriles is 1. The lowest BCUT2D eigenvalue weighted by molar-refractivity contribution is 0.250. The van der Waals surface area contributed by atoms with Crippen molar-refractivity contribution in [2.45, 2.75) is 45.6 Å². The summed E-state index contributed by atoms with van der Waals surface area (Å²) in [6.07, 6.45) is 3.14. The van der Waals surface area contributed by atoms with E-state index in [0.717, 1.165) is 37.3 Å². The van der Waals surface area contributed by atoms with E-state index in [-0.39, 0.29) is 12.1 Å². The van der Waals surface area contributed by atoms with Gasteiger partial charge in [-0.25, -0.2) is 0 Å². The Bertz CT molecular complexity index is 230. The molecule has 3 nitrogen and oxygen atoms in total. The number of hydrogen-bond acceptors (Lipinski definition) is 4. The summed E-state index contributed by atoms with van der Waals surface area (Å²) in [5.41, 5.74) is -0.363. The summed E-state index contributed by atoms with van der Waals surface area (Å²) in [5.74, 6) is 2.54. The molecular weight excluding hydrogens is 232 g/mol. The van der Waals surface area contributed by atoms with E-state index < -0.39 is 0 Å². The first-order valence-corrected chi connectivity index (χ1v) is 7.58. The van der Waals surface area contributed by atoms with Gasteiger partial charge in [0.05, 0.1) is 6.07 Å². The molecule has 0 aliphatic rings. The molecule has 0 fully saturated rings. The summed E-state index contributed by atoms with van der Waals surface area (Å²) in [4.78, 5) is 0. The predicted molar refractivity (Wildman–Crippen MR) is 75.1 cm³/mol. The second kappa shape index (κ2) is 9.76. The van der Waals surface area contributed by atoms with Crippen molar-refractivity contribution in [1.82, 2.24) is 5.32 Å². The van der Waals surface area contributed by atoms with Gasteiger partial charge in [-0.05, 0) is 50.2 Å². The van der Waals surface area contributed by atoms with Crippen LogP contribution in [0.4, 0.5) is 0 Å². The van der Waals surface area contributed by atoms with Crippen molar-refractivity contribution in [3.8, 4) is 6.07 Å². The molecule has 100 valence electrons. The van der Waals surface area contributed by atoms with Crippen molar-refractivity contribution >= 4 is 11.8 Å². The lowest BCUT2D eigenvalue weighted by Crippen LogP contribution is -2.40. The molecule has 0 saturated carbocycles. The molecular formula is C13H26N2OS. The van der Waals surface area contributed by atoms with Gasteiger partial charge in [0.2, 0.25) is 0 Å². The van der Waals surface area contributed by atoms with Crippen LogP contribution in [0.2, 0.25) is 0 Å². The zero-order valence-corrected chi connectivity index (χ0v) is 12.1. The summed E-state index contributed by atoms with van der Waals surface area (Å²) in [6.45, 7) is 7.18. The van der Waals surface area contributed by atoms with Gasteiger partial charge in [0, 0.05) is 6.61 Å². The lowest BCUT2D eigenvalue weighted by Gasteiger charge is -2.22. The molecule has 0 bridgehead atoms. The van der Waals surface area contributed by atoms with Gasteiger partial charge in [0.25, 0.3) is 0 Å². The smallest absolute Gasteiger partial charge is 0.103 e. The van der Waals surface area contributed by atoms with Gasteiger partial charge in [-0.2, -0.15) is 17.0 Å². The molecule has 0 aliphatic carbocycles. The van der Waals surface area contributed by atoms with Crippen LogP contribution in [0.25, 0.3) is 0 Å². The lowest BCUT2D eigenvalue weighted by atomic mass is 9.97. The fourth-order valence-corrected chi connectivity index (χ4v) is 2.68. The molecule has 0 amide bonds. The molecule has 0 aromatic carbocycles. The molecule has 0 aromatic heterocycles. The van der Waals surface area contributed by atoms with Crippen molar-refractivity contribution in [2.24, 2.45) is 5.92 Å². The first-order valence-electron chi connectivity index (χ1n) is 6.43. The Labute approximate surface area is 110 Å². The fraction of sp³-hybridized carbons (Fsp3) is 0.923. The average Bonchev–Trinajstić information content (AvgIpc) is 2.33. The van der Waals surface area contributed by atoms with Crippen LogP contribution in [0, 0.1) is 17.2 Å². The number of unbranched alkanes of at least 4 members (excludes halogenated alkanes) is 1. The highest BCUT2D eigenvalue weighted by molar-refractivity contribution is 7.99. The summed E-state index contributed by atoms with van der Waals surface area (Å²) in [6, 6.07) is 2.35. The molecule has 4 heteroatoms. The largest absolute Gasteiger partial charge is 0.396 e. The van der Waals surface area contributed by atoms with E-state index in [4.69, 9.17) is 10.4 Å². The number of aliphatic hydroxyl groups is 1. The van der Waals surface area contributed by atoms with Crippen LogP contribution in [-0.2, 0) is 0 Å². The Morgan fingerprint density at radius 2 is 2.18 bits per heavy atom. The monoisotopic (exact) mass is 258 g/mol. The topological polar surface area (TPSA) is 56.0 Å². The maximum absolute atomic E-state index is 9.08. The first kappa shape index (κ1) is 16.8. The maximum atomic E-state index is 9.08. The van der Waals surface area contributed by atoms with E-state index in [9.17, 15) is 0 Å². The van der Waals surface area contributed by atoms with Crippen molar-refractivity contribution in [3.05, 3.63) is 0 Å². The van der Waals surface area contributed by atoms with Gasteiger partial charge >= 0.3 is 0 Å². The highest BCUT2D eigenvalue weighted by Crippen LogP contribution is 2.16. The Morgan fingerprint density at radius 1 is 1.47 bits per heavy atom. The molecule has 2 N–H and O–H groups in total. The SMILES string of the molecule is CCNC(C)(C#N)CCCCSCC(C)CO. The van der Waals surface area contributed by atoms with Crippen molar-refractivity contribution in [1.29, 1.82) is 5.26 Å². The number of hydrogen-bond donors (Lipinski definition) is 2. The minimum atomic E-state index is -0.363. The van der Waals surface area contributed by atoms with E-state index in [1.54, 1.807) is 0 Å². The highest BCUT2D eigenvalue weighted by Gasteiger charge is 2.20. The van der Waals surface area contributed by atoms with Gasteiger partial charge in [0.1, 0.15) is 5.54 Å². The van der Waals surface area contributed by atoms with Gasteiger partial charge in [0.15, 0.2) is 0 Å². The third kappa shape index (κ3) is 8.48. The minimum Gasteiger partial charge on any atom is -0.396 e. The van der Waals surface area contributed by atoms with E-state index in [0.29, 0.717) is 5.92 Å². The fourth-order valence-electron chi connectivity index (χ4n) is 1.59. The summed E-state index contributed by atoms with van der Waals surface area (Å²) in [5, 5.41) is 21.2. The number of aliphatic hydroxyl groups excluding tert-OH is 1. The summed E-state index contributed by atoms with van der Waals surface area (Å²) in [7, 11) is 0. The van der Waals surface area contributed by atoms with Crippen molar-refractivity contribution < 1.29 is 5.11 Å². The molecule has 0 saturated heterocycles. The van der Waals surface area contributed by atoms with Crippen molar-refractivity contribution in [3.63, 3.8) is 0 Å². The number of thioether (sulfide) groups is 1. The Morgan fingerprint density at radius 3 is 2.71 bits per heavy atom. The maximum Gasteiger partial charge on any atom is 0.103 e. The first-order chi connectivity index (χ1) is 8.08. The van der Waals surface area contributed by atoms with E-state index in [1.807, 2.05) is 25.6 Å². The zero-order valence-electron chi connectivity index (χ0n) is 11.3. The second-order valence-electron chi connectivity index (χ2n) is 4.79. The normalized spacial score (nSPS) is 16.2.